The van der Waals surface area contributed by atoms with E-state index in [4.69, 9.17) is 0 Å². The summed E-state index contributed by atoms with van der Waals surface area (Å²) in [5.41, 5.74) is 2.45. The van der Waals surface area contributed by atoms with E-state index in [9.17, 15) is 14.4 Å². The Hall–Kier alpha value is -2.11. The van der Waals surface area contributed by atoms with Crippen LogP contribution >= 0.6 is 0 Å². The Bertz CT molecular complexity index is 604. The lowest BCUT2D eigenvalue weighted by molar-refractivity contribution is -0.127. The number of aromatic amines is 1. The molecule has 6 heteroatoms. The first-order valence-corrected chi connectivity index (χ1v) is 7.68. The highest BCUT2D eigenvalue weighted by Crippen LogP contribution is 2.18. The van der Waals surface area contributed by atoms with E-state index in [0.29, 0.717) is 36.3 Å². The molecule has 0 saturated carbocycles. The maximum Gasteiger partial charge on any atom is 0.268 e. The van der Waals surface area contributed by atoms with Crippen molar-refractivity contribution in [2.45, 2.75) is 40.0 Å². The number of aryl methyl sites for hydroxylation is 1. The molecule has 0 aromatic carbocycles. The van der Waals surface area contributed by atoms with Gasteiger partial charge in [0.05, 0.1) is 0 Å². The van der Waals surface area contributed by atoms with E-state index in [2.05, 4.69) is 10.3 Å². The van der Waals surface area contributed by atoms with Gasteiger partial charge in [-0.15, -0.1) is 0 Å². The monoisotopic (exact) mass is 305 g/mol. The van der Waals surface area contributed by atoms with Crippen molar-refractivity contribution in [2.75, 3.05) is 19.6 Å². The van der Waals surface area contributed by atoms with E-state index in [1.165, 1.54) is 6.92 Å². The summed E-state index contributed by atoms with van der Waals surface area (Å²) >= 11 is 0. The van der Waals surface area contributed by atoms with Crippen LogP contribution in [0.15, 0.2) is 0 Å². The van der Waals surface area contributed by atoms with Crippen LogP contribution in [0.2, 0.25) is 0 Å². The highest BCUT2D eigenvalue weighted by atomic mass is 16.2. The summed E-state index contributed by atoms with van der Waals surface area (Å²) in [6.45, 7) is 7.08. The summed E-state index contributed by atoms with van der Waals surface area (Å²) in [6.07, 6.45) is 2.30. The Kier molecular flexibility index (Phi) is 5.00. The number of carbonyl (C=O) groups excluding carboxylic acids is 3. The molecule has 1 aromatic heterocycles. The maximum absolute atomic E-state index is 12.2. The zero-order valence-electron chi connectivity index (χ0n) is 13.4. The van der Waals surface area contributed by atoms with Gasteiger partial charge in [-0.05, 0) is 39.2 Å². The van der Waals surface area contributed by atoms with Gasteiger partial charge in [-0.3, -0.25) is 14.4 Å². The van der Waals surface area contributed by atoms with Gasteiger partial charge in [0, 0.05) is 37.3 Å². The minimum Gasteiger partial charge on any atom is -0.354 e. The Balaban J connectivity index is 1.86. The summed E-state index contributed by atoms with van der Waals surface area (Å²) in [4.78, 5) is 40.0. The molecule has 1 saturated heterocycles. The first-order chi connectivity index (χ1) is 10.4. The topological polar surface area (TPSA) is 82.3 Å². The van der Waals surface area contributed by atoms with Gasteiger partial charge in [0.25, 0.3) is 5.91 Å². The molecule has 0 aliphatic carbocycles. The minimum absolute atomic E-state index is 0.0437. The second kappa shape index (κ2) is 6.77. The highest BCUT2D eigenvalue weighted by molar-refractivity contribution is 6.02. The summed E-state index contributed by atoms with van der Waals surface area (Å²) in [6, 6.07) is 0. The molecule has 2 heterocycles. The van der Waals surface area contributed by atoms with Crippen molar-refractivity contribution < 1.29 is 14.4 Å². The molecule has 1 aliphatic rings. The van der Waals surface area contributed by atoms with E-state index in [1.54, 1.807) is 13.8 Å². The van der Waals surface area contributed by atoms with Crippen LogP contribution in [0.25, 0.3) is 0 Å². The lowest BCUT2D eigenvalue weighted by Crippen LogP contribution is -2.31. The number of nitrogens with zero attached hydrogens (tertiary/aromatic N) is 1. The van der Waals surface area contributed by atoms with Crippen LogP contribution in [-0.4, -0.2) is 47.1 Å². The minimum atomic E-state index is -0.208. The Labute approximate surface area is 130 Å². The average Bonchev–Trinajstić information content (AvgIpc) is 2.98. The first kappa shape index (κ1) is 16.3. The third-order valence-corrected chi connectivity index (χ3v) is 4.08. The van der Waals surface area contributed by atoms with Crippen LogP contribution < -0.4 is 5.32 Å². The molecule has 0 radical (unpaired) electrons. The fourth-order valence-electron chi connectivity index (χ4n) is 3.01. The number of nitrogens with one attached hydrogen (secondary N) is 2. The number of aromatic nitrogens is 1. The van der Waals surface area contributed by atoms with E-state index in [1.807, 2.05) is 4.90 Å². The number of Topliss-reactive ketones (excluding diaryl/α,β-unsaturated/α-hetero) is 1. The normalized spacial score (nSPS) is 14.5. The summed E-state index contributed by atoms with van der Waals surface area (Å²) < 4.78 is 0. The molecule has 22 heavy (non-hydrogen) atoms. The number of amides is 2. The van der Waals surface area contributed by atoms with Crippen molar-refractivity contribution in [1.82, 2.24) is 15.2 Å². The van der Waals surface area contributed by atoms with Crippen LogP contribution in [0.4, 0.5) is 0 Å². The van der Waals surface area contributed by atoms with Crippen molar-refractivity contribution >= 4 is 17.6 Å². The molecule has 1 fully saturated rings. The zero-order chi connectivity index (χ0) is 16.3. The number of ketones is 1. The molecular formula is C16H23N3O3. The largest absolute Gasteiger partial charge is 0.354 e. The van der Waals surface area contributed by atoms with Crippen molar-refractivity contribution in [3.8, 4) is 0 Å². The molecule has 2 amide bonds. The van der Waals surface area contributed by atoms with Gasteiger partial charge >= 0.3 is 0 Å². The quantitative estimate of drug-likeness (QED) is 0.618. The summed E-state index contributed by atoms with van der Waals surface area (Å²) in [5.74, 6) is -0.0491. The fraction of sp³-hybridized carbons (Fsp3) is 0.562. The zero-order valence-corrected chi connectivity index (χ0v) is 13.4. The molecule has 2 rings (SSSR count). The van der Waals surface area contributed by atoms with Crippen LogP contribution in [0.5, 0.6) is 0 Å². The highest BCUT2D eigenvalue weighted by Gasteiger charge is 2.21. The molecular weight excluding hydrogens is 282 g/mol. The van der Waals surface area contributed by atoms with Gasteiger partial charge in [0.2, 0.25) is 5.91 Å². The van der Waals surface area contributed by atoms with E-state index < -0.39 is 0 Å². The lowest BCUT2D eigenvalue weighted by atomic mass is 10.1. The molecule has 1 aliphatic heterocycles. The second-order valence-electron chi connectivity index (χ2n) is 5.77. The molecule has 120 valence electrons. The number of carbonyl (C=O) groups is 3. The van der Waals surface area contributed by atoms with Gasteiger partial charge in [-0.2, -0.15) is 0 Å². The van der Waals surface area contributed by atoms with Gasteiger partial charge in [0.15, 0.2) is 5.78 Å². The van der Waals surface area contributed by atoms with Crippen LogP contribution in [0.1, 0.15) is 58.3 Å². The Morgan fingerprint density at radius 1 is 1.32 bits per heavy atom. The van der Waals surface area contributed by atoms with Gasteiger partial charge in [-0.25, -0.2) is 0 Å². The van der Waals surface area contributed by atoms with E-state index in [0.717, 1.165) is 25.1 Å². The predicted octanol–water partition coefficient (Wildman–Crippen LogP) is 1.58. The summed E-state index contributed by atoms with van der Waals surface area (Å²) in [7, 11) is 0. The van der Waals surface area contributed by atoms with Crippen molar-refractivity contribution in [2.24, 2.45) is 0 Å². The lowest BCUT2D eigenvalue weighted by Gasteiger charge is -2.15. The third-order valence-electron chi connectivity index (χ3n) is 4.08. The fourth-order valence-corrected chi connectivity index (χ4v) is 3.01. The molecule has 0 unspecified atom stereocenters. The van der Waals surface area contributed by atoms with Gasteiger partial charge in [-0.1, -0.05) is 0 Å². The molecule has 1 aromatic rings. The molecule has 0 spiro atoms. The Morgan fingerprint density at radius 2 is 2.05 bits per heavy atom. The van der Waals surface area contributed by atoms with Gasteiger partial charge < -0.3 is 15.2 Å². The van der Waals surface area contributed by atoms with Crippen LogP contribution in [0, 0.1) is 13.8 Å². The SMILES string of the molecule is CC(=O)c1c(C)[nH]c(C(=O)NCCCN2CCCC2=O)c1C. The second-order valence-corrected chi connectivity index (χ2v) is 5.77. The van der Waals surface area contributed by atoms with E-state index in [-0.39, 0.29) is 17.6 Å². The van der Waals surface area contributed by atoms with Crippen molar-refractivity contribution in [3.63, 3.8) is 0 Å². The molecule has 0 bridgehead atoms. The smallest absolute Gasteiger partial charge is 0.268 e. The average molecular weight is 305 g/mol. The number of hydrogen-bond acceptors (Lipinski definition) is 3. The predicted molar refractivity (Wildman–Crippen MR) is 83.0 cm³/mol. The van der Waals surface area contributed by atoms with Gasteiger partial charge in [0.1, 0.15) is 5.69 Å². The first-order valence-electron chi connectivity index (χ1n) is 7.68. The van der Waals surface area contributed by atoms with Crippen molar-refractivity contribution in [3.05, 3.63) is 22.5 Å². The molecule has 0 atom stereocenters. The molecule has 6 nitrogen and oxygen atoms in total. The number of likely N-dealkylation sites (tertiary alicyclic amines) is 1. The van der Waals surface area contributed by atoms with Crippen LogP contribution in [0.3, 0.4) is 0 Å². The third kappa shape index (κ3) is 3.37. The number of hydrogen-bond donors (Lipinski definition) is 2. The number of rotatable bonds is 6. The van der Waals surface area contributed by atoms with Crippen LogP contribution in [-0.2, 0) is 4.79 Å². The number of H-pyrrole nitrogens is 1. The maximum atomic E-state index is 12.2. The van der Waals surface area contributed by atoms with E-state index >= 15 is 0 Å². The molecule has 2 N–H and O–H groups in total. The van der Waals surface area contributed by atoms with Crippen molar-refractivity contribution in [1.29, 1.82) is 0 Å². The summed E-state index contributed by atoms with van der Waals surface area (Å²) in [5, 5.41) is 2.84. The Morgan fingerprint density at radius 3 is 2.59 bits per heavy atom. The standard InChI is InChI=1S/C16H23N3O3/c1-10-14(12(3)20)11(2)18-15(10)16(22)17-7-5-9-19-8-4-6-13(19)21/h18H,4-9H2,1-3H3,(H,17,22).